The van der Waals surface area contributed by atoms with Crippen LogP contribution in [0.4, 0.5) is 0 Å². The molecule has 1 aliphatic heterocycles. The topological polar surface area (TPSA) is 67.8 Å². The Balaban J connectivity index is 2.07. The molecule has 3 rings (SSSR count). The van der Waals surface area contributed by atoms with E-state index < -0.39 is 0 Å². The third kappa shape index (κ3) is 2.38. The van der Waals surface area contributed by atoms with Crippen LogP contribution in [-0.2, 0) is 0 Å². The van der Waals surface area contributed by atoms with Crippen molar-refractivity contribution in [2.24, 2.45) is 0 Å². The molecule has 1 aromatic carbocycles. The molecule has 6 heteroatoms. The fourth-order valence-corrected chi connectivity index (χ4v) is 3.33. The molecule has 0 radical (unpaired) electrons. The van der Waals surface area contributed by atoms with Crippen molar-refractivity contribution >= 4 is 11.9 Å². The molecular formula is C16H21N2O4+. The SMILES string of the molecule is COc1ccc(C2=[N+]([O-])[C@H]3CCCC[C@H]3[N+](O)=C2)c(OC)c1. The van der Waals surface area contributed by atoms with Crippen LogP contribution in [0, 0.1) is 5.21 Å². The summed E-state index contributed by atoms with van der Waals surface area (Å²) in [6.07, 6.45) is 5.19. The minimum absolute atomic E-state index is 0.126. The van der Waals surface area contributed by atoms with E-state index in [-0.39, 0.29) is 12.1 Å². The van der Waals surface area contributed by atoms with E-state index in [1.165, 1.54) is 11.0 Å². The van der Waals surface area contributed by atoms with Crippen LogP contribution in [0.1, 0.15) is 31.2 Å². The van der Waals surface area contributed by atoms with Crippen molar-refractivity contribution < 1.29 is 24.2 Å². The molecule has 0 bridgehead atoms. The quantitative estimate of drug-likeness (QED) is 0.525. The van der Waals surface area contributed by atoms with Crippen LogP contribution >= 0.6 is 0 Å². The first kappa shape index (κ1) is 14.7. The summed E-state index contributed by atoms with van der Waals surface area (Å²) in [6.45, 7) is 0. The van der Waals surface area contributed by atoms with Crippen molar-refractivity contribution in [1.29, 1.82) is 0 Å². The first-order valence-electron chi connectivity index (χ1n) is 7.53. The fraction of sp³-hybridized carbons (Fsp3) is 0.500. The fourth-order valence-electron chi connectivity index (χ4n) is 3.33. The Labute approximate surface area is 129 Å². The van der Waals surface area contributed by atoms with E-state index in [1.54, 1.807) is 32.4 Å². The average molecular weight is 305 g/mol. The van der Waals surface area contributed by atoms with Gasteiger partial charge in [0.25, 0.3) is 18.0 Å². The van der Waals surface area contributed by atoms with Crippen molar-refractivity contribution in [3.8, 4) is 11.5 Å². The summed E-state index contributed by atoms with van der Waals surface area (Å²) in [5.74, 6) is 1.21. The number of hydroxylamine groups is 2. The number of ether oxygens (including phenoxy) is 2. The van der Waals surface area contributed by atoms with E-state index in [4.69, 9.17) is 9.47 Å². The minimum atomic E-state index is -0.217. The van der Waals surface area contributed by atoms with Crippen molar-refractivity contribution in [3.63, 3.8) is 0 Å². The van der Waals surface area contributed by atoms with Crippen molar-refractivity contribution in [1.82, 2.24) is 0 Å². The van der Waals surface area contributed by atoms with E-state index in [2.05, 4.69) is 0 Å². The maximum atomic E-state index is 12.8. The van der Waals surface area contributed by atoms with Gasteiger partial charge >= 0.3 is 0 Å². The highest BCUT2D eigenvalue weighted by atomic mass is 16.5. The van der Waals surface area contributed by atoms with Gasteiger partial charge in [0.1, 0.15) is 11.5 Å². The van der Waals surface area contributed by atoms with Gasteiger partial charge in [-0.15, -0.1) is 0 Å². The Morgan fingerprint density at radius 2 is 1.86 bits per heavy atom. The van der Waals surface area contributed by atoms with E-state index in [9.17, 15) is 10.4 Å². The number of methoxy groups -OCH3 is 2. The molecule has 2 aliphatic rings. The smallest absolute Gasteiger partial charge is 0.291 e. The van der Waals surface area contributed by atoms with Gasteiger partial charge in [0.05, 0.1) is 19.8 Å². The zero-order chi connectivity index (χ0) is 15.7. The third-order valence-corrected chi connectivity index (χ3v) is 4.51. The van der Waals surface area contributed by atoms with Gasteiger partial charge in [0, 0.05) is 18.9 Å². The Morgan fingerprint density at radius 1 is 1.14 bits per heavy atom. The minimum Gasteiger partial charge on any atom is -0.623 e. The van der Waals surface area contributed by atoms with E-state index in [1.807, 2.05) is 0 Å². The number of hydrogen-bond acceptors (Lipinski definition) is 4. The van der Waals surface area contributed by atoms with Gasteiger partial charge < -0.3 is 14.7 Å². The molecule has 1 aliphatic carbocycles. The van der Waals surface area contributed by atoms with Gasteiger partial charge in [0.15, 0.2) is 0 Å². The number of fused-ring (bicyclic) bond motifs is 1. The molecule has 2 atom stereocenters. The molecule has 0 aromatic heterocycles. The average Bonchev–Trinajstić information content (AvgIpc) is 2.57. The molecule has 1 heterocycles. The highest BCUT2D eigenvalue weighted by Gasteiger charge is 2.46. The number of benzene rings is 1. The Hall–Kier alpha value is -2.24. The molecule has 22 heavy (non-hydrogen) atoms. The number of nitrogens with zero attached hydrogens (tertiary/aromatic N) is 2. The monoisotopic (exact) mass is 305 g/mol. The lowest BCUT2D eigenvalue weighted by molar-refractivity contribution is -0.819. The summed E-state index contributed by atoms with van der Waals surface area (Å²) in [7, 11) is 3.13. The second-order valence-electron chi connectivity index (χ2n) is 5.71. The zero-order valence-electron chi connectivity index (χ0n) is 12.9. The van der Waals surface area contributed by atoms with Crippen LogP contribution in [-0.4, -0.2) is 52.9 Å². The predicted octanol–water partition coefficient (Wildman–Crippen LogP) is 1.80. The summed E-state index contributed by atoms with van der Waals surface area (Å²) in [4.78, 5) is 0. The van der Waals surface area contributed by atoms with Crippen molar-refractivity contribution in [2.45, 2.75) is 37.8 Å². The maximum Gasteiger partial charge on any atom is 0.291 e. The van der Waals surface area contributed by atoms with Crippen LogP contribution in [0.3, 0.4) is 0 Å². The van der Waals surface area contributed by atoms with E-state index in [0.717, 1.165) is 30.4 Å². The highest BCUT2D eigenvalue weighted by molar-refractivity contribution is 6.35. The highest BCUT2D eigenvalue weighted by Crippen LogP contribution is 2.29. The van der Waals surface area contributed by atoms with Crippen LogP contribution in [0.25, 0.3) is 0 Å². The lowest BCUT2D eigenvalue weighted by atomic mass is 9.89. The van der Waals surface area contributed by atoms with Gasteiger partial charge in [-0.2, -0.15) is 4.74 Å². The largest absolute Gasteiger partial charge is 0.623 e. The molecule has 6 nitrogen and oxygen atoms in total. The first-order valence-corrected chi connectivity index (χ1v) is 7.53. The predicted molar refractivity (Wildman–Crippen MR) is 81.4 cm³/mol. The molecule has 0 unspecified atom stereocenters. The third-order valence-electron chi connectivity index (χ3n) is 4.51. The molecule has 0 amide bonds. The molecule has 1 saturated carbocycles. The van der Waals surface area contributed by atoms with Crippen molar-refractivity contribution in [3.05, 3.63) is 29.0 Å². The van der Waals surface area contributed by atoms with Gasteiger partial charge in [-0.05, 0) is 29.7 Å². The first-order chi connectivity index (χ1) is 10.7. The van der Waals surface area contributed by atoms with Gasteiger partial charge in [-0.1, -0.05) is 0 Å². The summed E-state index contributed by atoms with van der Waals surface area (Å²) in [5, 5.41) is 23.0. The van der Waals surface area contributed by atoms with Crippen LogP contribution in [0.15, 0.2) is 18.2 Å². The lowest BCUT2D eigenvalue weighted by Gasteiger charge is -2.28. The summed E-state index contributed by atoms with van der Waals surface area (Å²) < 4.78 is 12.8. The molecule has 1 fully saturated rings. The molecular weight excluding hydrogens is 284 g/mol. The summed E-state index contributed by atoms with van der Waals surface area (Å²) in [6, 6.07) is 4.95. The second kappa shape index (κ2) is 5.87. The second-order valence-corrected chi connectivity index (χ2v) is 5.71. The molecule has 0 spiro atoms. The van der Waals surface area contributed by atoms with Crippen LogP contribution in [0.2, 0.25) is 0 Å². The van der Waals surface area contributed by atoms with Crippen LogP contribution in [0.5, 0.6) is 11.5 Å². The maximum absolute atomic E-state index is 12.8. The van der Waals surface area contributed by atoms with Gasteiger partial charge in [-0.25, -0.2) is 0 Å². The van der Waals surface area contributed by atoms with E-state index in [0.29, 0.717) is 22.8 Å². The Kier molecular flexibility index (Phi) is 3.92. The van der Waals surface area contributed by atoms with Gasteiger partial charge in [0.2, 0.25) is 6.04 Å². The molecule has 1 N–H and O–H groups in total. The molecule has 118 valence electrons. The van der Waals surface area contributed by atoms with Crippen molar-refractivity contribution in [2.75, 3.05) is 14.2 Å². The standard InChI is InChI=1S/C16H21N2O4/c1-21-11-7-8-12(16(9-11)22-2)15-10-17(19)13-5-3-4-6-14(13)18(15)20/h7-10,13-14,19H,3-6H2,1-2H3/q+1/t13-,14+/m1/s1. The summed E-state index contributed by atoms with van der Waals surface area (Å²) >= 11 is 0. The normalized spacial score (nSPS) is 24.5. The Morgan fingerprint density at radius 3 is 2.55 bits per heavy atom. The zero-order valence-corrected chi connectivity index (χ0v) is 12.9. The summed E-state index contributed by atoms with van der Waals surface area (Å²) in [5.41, 5.74) is 1.08. The molecule has 0 saturated heterocycles. The molecule has 1 aromatic rings. The lowest BCUT2D eigenvalue weighted by Crippen LogP contribution is -2.51. The van der Waals surface area contributed by atoms with E-state index >= 15 is 0 Å². The number of hydrogen-bond donors (Lipinski definition) is 1. The number of rotatable bonds is 3. The Bertz CT molecular complexity index is 639. The van der Waals surface area contributed by atoms with Gasteiger partial charge in [-0.3, -0.25) is 5.21 Å². The van der Waals surface area contributed by atoms with Crippen LogP contribution < -0.4 is 9.47 Å².